The summed E-state index contributed by atoms with van der Waals surface area (Å²) in [6.07, 6.45) is 4.96. The Morgan fingerprint density at radius 2 is 2.30 bits per heavy atom. The molecule has 0 atom stereocenters. The molecule has 3 aromatic rings. The molecule has 0 saturated heterocycles. The molecule has 2 aromatic heterocycles. The first-order valence-corrected chi connectivity index (χ1v) is 11.4. The topological polar surface area (TPSA) is 44.1 Å². The summed E-state index contributed by atoms with van der Waals surface area (Å²) in [5, 5.41) is 1.56. The highest BCUT2D eigenvalue weighted by molar-refractivity contribution is 9.10. The Morgan fingerprint density at radius 1 is 1.41 bits per heavy atom. The highest BCUT2D eigenvalue weighted by Gasteiger charge is 2.23. The second-order valence-electron chi connectivity index (χ2n) is 6.29. The second kappa shape index (κ2) is 8.20. The molecule has 27 heavy (non-hydrogen) atoms. The monoisotopic (exact) mass is 462 g/mol. The Balaban J connectivity index is 1.54. The van der Waals surface area contributed by atoms with Crippen LogP contribution in [0, 0.1) is 0 Å². The Kier molecular flexibility index (Phi) is 5.71. The number of hydrogen-bond acceptors (Lipinski definition) is 5. The van der Waals surface area contributed by atoms with Crippen molar-refractivity contribution in [3.05, 3.63) is 62.2 Å². The Morgan fingerprint density at radius 3 is 3.11 bits per heavy atom. The van der Waals surface area contributed by atoms with E-state index in [4.69, 9.17) is 9.72 Å². The van der Waals surface area contributed by atoms with Crippen LogP contribution in [-0.2, 0) is 19.4 Å². The van der Waals surface area contributed by atoms with Crippen LogP contribution in [0.4, 0.5) is 0 Å². The number of aromatic nitrogens is 2. The molecule has 0 fully saturated rings. The third-order valence-corrected chi connectivity index (χ3v) is 7.10. The van der Waals surface area contributed by atoms with E-state index >= 15 is 0 Å². The van der Waals surface area contributed by atoms with Crippen LogP contribution in [0.15, 0.2) is 51.3 Å². The van der Waals surface area contributed by atoms with Crippen LogP contribution in [0.2, 0.25) is 0 Å². The van der Waals surface area contributed by atoms with E-state index in [0.717, 1.165) is 44.9 Å². The lowest BCUT2D eigenvalue weighted by Crippen LogP contribution is -2.23. The fraction of sp³-hybridized carbons (Fsp3) is 0.300. The summed E-state index contributed by atoms with van der Waals surface area (Å²) in [7, 11) is 0. The van der Waals surface area contributed by atoms with Gasteiger partial charge in [-0.05, 0) is 43.0 Å². The molecular formula is C20H19BrN2O2S2. The van der Waals surface area contributed by atoms with Crippen LogP contribution in [0.1, 0.15) is 16.9 Å². The van der Waals surface area contributed by atoms with Crippen molar-refractivity contribution in [1.29, 1.82) is 0 Å². The third-order valence-electron chi connectivity index (χ3n) is 4.48. The van der Waals surface area contributed by atoms with Gasteiger partial charge in [-0.25, -0.2) is 4.98 Å². The number of thioether (sulfide) groups is 1. The zero-order valence-corrected chi connectivity index (χ0v) is 18.0. The van der Waals surface area contributed by atoms with Gasteiger partial charge in [0.15, 0.2) is 5.16 Å². The minimum Gasteiger partial charge on any atom is -0.493 e. The maximum absolute atomic E-state index is 13.1. The molecule has 0 bridgehead atoms. The van der Waals surface area contributed by atoms with Crippen molar-refractivity contribution in [1.82, 2.24) is 9.55 Å². The van der Waals surface area contributed by atoms with Gasteiger partial charge in [-0.15, -0.1) is 17.9 Å². The molecule has 7 heteroatoms. The van der Waals surface area contributed by atoms with Gasteiger partial charge >= 0.3 is 0 Å². The van der Waals surface area contributed by atoms with Crippen molar-refractivity contribution < 1.29 is 4.74 Å². The SMILES string of the molecule is C=CCn1c(SCCOc2cccc(Br)c2)nc2sc3c(c2c1=O)CCC3. The summed E-state index contributed by atoms with van der Waals surface area (Å²) >= 11 is 6.68. The Hall–Kier alpha value is -1.57. The van der Waals surface area contributed by atoms with E-state index in [0.29, 0.717) is 18.9 Å². The van der Waals surface area contributed by atoms with E-state index in [9.17, 15) is 4.79 Å². The molecule has 0 N–H and O–H groups in total. The zero-order valence-electron chi connectivity index (χ0n) is 14.7. The smallest absolute Gasteiger partial charge is 0.263 e. The van der Waals surface area contributed by atoms with Crippen molar-refractivity contribution in [3.63, 3.8) is 0 Å². The number of rotatable bonds is 7. The quantitative estimate of drug-likeness (QED) is 0.213. The number of halogens is 1. The lowest BCUT2D eigenvalue weighted by atomic mass is 10.2. The summed E-state index contributed by atoms with van der Waals surface area (Å²) in [5.74, 6) is 1.54. The Bertz CT molecular complexity index is 1060. The molecule has 0 amide bonds. The zero-order chi connectivity index (χ0) is 18.8. The predicted molar refractivity (Wildman–Crippen MR) is 116 cm³/mol. The maximum Gasteiger partial charge on any atom is 0.263 e. The summed E-state index contributed by atoms with van der Waals surface area (Å²) < 4.78 is 8.52. The number of fused-ring (bicyclic) bond motifs is 3. The van der Waals surface area contributed by atoms with E-state index in [1.165, 1.54) is 10.4 Å². The average Bonchev–Trinajstić information content (AvgIpc) is 3.22. The third kappa shape index (κ3) is 3.86. The van der Waals surface area contributed by atoms with Gasteiger partial charge in [-0.3, -0.25) is 9.36 Å². The standard InChI is InChI=1S/C20H19BrN2O2S2/c1-2-9-23-19(24)17-15-7-4-8-16(15)27-18(17)22-20(23)26-11-10-25-14-6-3-5-13(21)12-14/h2-3,5-6,12H,1,4,7-11H2. The van der Waals surface area contributed by atoms with Gasteiger partial charge in [0.2, 0.25) is 0 Å². The number of aryl methyl sites for hydroxylation is 2. The molecule has 2 heterocycles. The minimum absolute atomic E-state index is 0.0645. The van der Waals surface area contributed by atoms with Gasteiger partial charge < -0.3 is 4.74 Å². The van der Waals surface area contributed by atoms with Gasteiger partial charge in [0, 0.05) is 21.6 Å². The van der Waals surface area contributed by atoms with E-state index in [1.807, 2.05) is 24.3 Å². The summed E-state index contributed by atoms with van der Waals surface area (Å²) in [4.78, 5) is 20.1. The van der Waals surface area contributed by atoms with Crippen molar-refractivity contribution in [2.24, 2.45) is 0 Å². The van der Waals surface area contributed by atoms with Gasteiger partial charge in [0.1, 0.15) is 10.6 Å². The fourth-order valence-corrected chi connectivity index (χ4v) is 5.81. The molecule has 0 aliphatic heterocycles. The van der Waals surface area contributed by atoms with E-state index in [2.05, 4.69) is 22.5 Å². The van der Waals surface area contributed by atoms with Crippen LogP contribution < -0.4 is 10.3 Å². The van der Waals surface area contributed by atoms with Gasteiger partial charge in [-0.2, -0.15) is 0 Å². The molecular weight excluding hydrogens is 444 g/mol. The first-order chi connectivity index (χ1) is 13.2. The summed E-state index contributed by atoms with van der Waals surface area (Å²) in [6.45, 7) is 4.82. The first-order valence-electron chi connectivity index (χ1n) is 8.84. The molecule has 0 saturated carbocycles. The molecule has 4 rings (SSSR count). The first kappa shape index (κ1) is 18.8. The van der Waals surface area contributed by atoms with E-state index < -0.39 is 0 Å². The van der Waals surface area contributed by atoms with Crippen LogP contribution in [0.3, 0.4) is 0 Å². The predicted octanol–water partition coefficient (Wildman–Crippen LogP) is 5.07. The number of thiophene rings is 1. The normalized spacial score (nSPS) is 13.1. The number of benzene rings is 1. The molecule has 1 aliphatic carbocycles. The second-order valence-corrected chi connectivity index (χ2v) is 9.35. The van der Waals surface area contributed by atoms with Crippen LogP contribution in [0.5, 0.6) is 5.75 Å². The number of nitrogens with zero attached hydrogens (tertiary/aromatic N) is 2. The van der Waals surface area contributed by atoms with E-state index in [1.54, 1.807) is 33.7 Å². The largest absolute Gasteiger partial charge is 0.493 e. The molecule has 4 nitrogen and oxygen atoms in total. The molecule has 1 aromatic carbocycles. The number of hydrogen-bond donors (Lipinski definition) is 0. The lowest BCUT2D eigenvalue weighted by Gasteiger charge is -2.11. The van der Waals surface area contributed by atoms with Crippen LogP contribution in [-0.4, -0.2) is 21.9 Å². The van der Waals surface area contributed by atoms with Gasteiger partial charge in [0.05, 0.1) is 12.0 Å². The number of allylic oxidation sites excluding steroid dienone is 1. The highest BCUT2D eigenvalue weighted by Crippen LogP contribution is 2.35. The maximum atomic E-state index is 13.1. The van der Waals surface area contributed by atoms with Crippen molar-refractivity contribution in [2.75, 3.05) is 12.4 Å². The number of ether oxygens (including phenoxy) is 1. The highest BCUT2D eigenvalue weighted by atomic mass is 79.9. The van der Waals surface area contributed by atoms with Crippen molar-refractivity contribution in [3.8, 4) is 5.75 Å². The van der Waals surface area contributed by atoms with Gasteiger partial charge in [0.25, 0.3) is 5.56 Å². The van der Waals surface area contributed by atoms with Gasteiger partial charge in [-0.1, -0.05) is 39.8 Å². The summed E-state index contributed by atoms with van der Waals surface area (Å²) in [6, 6.07) is 7.78. The lowest BCUT2D eigenvalue weighted by molar-refractivity contribution is 0.343. The molecule has 0 radical (unpaired) electrons. The van der Waals surface area contributed by atoms with Crippen LogP contribution >= 0.6 is 39.0 Å². The van der Waals surface area contributed by atoms with Crippen LogP contribution in [0.25, 0.3) is 10.2 Å². The van der Waals surface area contributed by atoms with Crippen molar-refractivity contribution in [2.45, 2.75) is 31.0 Å². The van der Waals surface area contributed by atoms with Crippen molar-refractivity contribution >= 4 is 49.2 Å². The molecule has 1 aliphatic rings. The summed E-state index contributed by atoms with van der Waals surface area (Å²) in [5.41, 5.74) is 1.29. The average molecular weight is 463 g/mol. The fourth-order valence-electron chi connectivity index (χ4n) is 3.31. The Labute approximate surface area is 174 Å². The van der Waals surface area contributed by atoms with E-state index in [-0.39, 0.29) is 5.56 Å². The minimum atomic E-state index is 0.0645. The molecule has 0 spiro atoms. The molecule has 140 valence electrons. The molecule has 0 unspecified atom stereocenters.